The largest absolute Gasteiger partial charge is 1.00 e. The van der Waals surface area contributed by atoms with Crippen LogP contribution in [-0.4, -0.2) is 26.1 Å². The molecular weight excluding hydrogens is 437 g/mol. The summed E-state index contributed by atoms with van der Waals surface area (Å²) in [5, 5.41) is 0.603. The third-order valence-electron chi connectivity index (χ3n) is 4.01. The summed E-state index contributed by atoms with van der Waals surface area (Å²) in [6.45, 7) is 6.23. The molecule has 6 heteroatoms. The third-order valence-corrected chi connectivity index (χ3v) is 4.32. The minimum absolute atomic E-state index is 0. The minimum Gasteiger partial charge on any atom is -0.520 e. The Hall–Kier alpha value is 1.08. The van der Waals surface area contributed by atoms with E-state index in [0.717, 1.165) is 38.2 Å². The Labute approximate surface area is 201 Å². The van der Waals surface area contributed by atoms with Gasteiger partial charge in [-0.1, -0.05) is 18.5 Å². The van der Waals surface area contributed by atoms with Gasteiger partial charge in [0, 0.05) is 19.3 Å². The molecule has 1 unspecified atom stereocenters. The van der Waals surface area contributed by atoms with E-state index in [4.69, 9.17) is 30.5 Å². The van der Waals surface area contributed by atoms with Gasteiger partial charge >= 0.3 is 68.9 Å². The van der Waals surface area contributed by atoms with Gasteiger partial charge in [-0.15, -0.1) is 5.92 Å². The SMILES string of the molecule is C[C@H]1[CH-]OC(Oc2ccc(Cl)c(OCC3CCOCC3)c2)C1.[Cs+]. The second-order valence-electron chi connectivity index (χ2n) is 5.99. The number of rotatable bonds is 5. The van der Waals surface area contributed by atoms with Crippen molar-refractivity contribution in [3.63, 3.8) is 0 Å². The molecule has 122 valence electrons. The van der Waals surface area contributed by atoms with Crippen LogP contribution < -0.4 is 78.4 Å². The second-order valence-corrected chi connectivity index (χ2v) is 6.40. The first-order valence-electron chi connectivity index (χ1n) is 7.86. The van der Waals surface area contributed by atoms with Gasteiger partial charge < -0.3 is 18.9 Å². The smallest absolute Gasteiger partial charge is 0.520 e. The molecule has 2 heterocycles. The van der Waals surface area contributed by atoms with Crippen LogP contribution in [-0.2, 0) is 9.47 Å². The molecule has 0 radical (unpaired) electrons. The van der Waals surface area contributed by atoms with Crippen molar-refractivity contribution in [3.05, 3.63) is 29.8 Å². The molecular formula is C17H22ClCsO4. The van der Waals surface area contributed by atoms with Crippen LogP contribution >= 0.6 is 11.6 Å². The number of hydrogen-bond donors (Lipinski definition) is 0. The van der Waals surface area contributed by atoms with E-state index >= 15 is 0 Å². The Morgan fingerprint density at radius 3 is 2.78 bits per heavy atom. The molecule has 4 nitrogen and oxygen atoms in total. The zero-order valence-electron chi connectivity index (χ0n) is 13.8. The second kappa shape index (κ2) is 10.3. The van der Waals surface area contributed by atoms with Crippen molar-refractivity contribution in [1.29, 1.82) is 0 Å². The van der Waals surface area contributed by atoms with Crippen LogP contribution in [0.25, 0.3) is 0 Å². The van der Waals surface area contributed by atoms with Gasteiger partial charge in [0.2, 0.25) is 0 Å². The van der Waals surface area contributed by atoms with Crippen LogP contribution in [0.2, 0.25) is 5.02 Å². The summed E-state index contributed by atoms with van der Waals surface area (Å²) in [4.78, 5) is 0. The van der Waals surface area contributed by atoms with Crippen LogP contribution in [0.3, 0.4) is 0 Å². The van der Waals surface area contributed by atoms with E-state index < -0.39 is 0 Å². The molecule has 2 aliphatic rings. The summed E-state index contributed by atoms with van der Waals surface area (Å²) < 4.78 is 22.5. The number of benzene rings is 1. The molecule has 0 amide bonds. The Morgan fingerprint density at radius 1 is 1.30 bits per heavy atom. The van der Waals surface area contributed by atoms with Crippen LogP contribution in [0.4, 0.5) is 0 Å². The predicted octanol–water partition coefficient (Wildman–Crippen LogP) is 1.07. The molecule has 2 saturated heterocycles. The van der Waals surface area contributed by atoms with Gasteiger partial charge in [0.15, 0.2) is 6.29 Å². The van der Waals surface area contributed by atoms with E-state index in [2.05, 4.69) is 6.92 Å². The van der Waals surface area contributed by atoms with Gasteiger partial charge in [-0.05, 0) is 37.3 Å². The predicted molar refractivity (Wildman–Crippen MR) is 84.1 cm³/mol. The van der Waals surface area contributed by atoms with Crippen molar-refractivity contribution in [1.82, 2.24) is 0 Å². The Morgan fingerprint density at radius 2 is 2.09 bits per heavy atom. The van der Waals surface area contributed by atoms with Gasteiger partial charge in [0.1, 0.15) is 11.5 Å². The summed E-state index contributed by atoms with van der Waals surface area (Å²) in [7, 11) is 0. The standard InChI is InChI=1S/C17H22ClO4.Cs/c1-12-8-17(21-10-12)22-14-2-3-15(18)16(9-14)20-11-13-4-6-19-7-5-13;/h2-3,9-10,12-13,17H,4-8,11H2,1H3;/q-1;+1/t12-,17?;/m1./s1. The Bertz CT molecular complexity index is 493. The van der Waals surface area contributed by atoms with E-state index in [1.165, 1.54) is 0 Å². The molecule has 2 aliphatic heterocycles. The average molecular weight is 459 g/mol. The number of halogens is 1. The first kappa shape index (κ1) is 20.4. The molecule has 0 aliphatic carbocycles. The van der Waals surface area contributed by atoms with Gasteiger partial charge in [0.05, 0.1) is 11.6 Å². The van der Waals surface area contributed by atoms with Gasteiger partial charge in [0.25, 0.3) is 0 Å². The molecule has 0 N–H and O–H groups in total. The quantitative estimate of drug-likeness (QED) is 0.619. The third kappa shape index (κ3) is 6.39. The number of hydrogen-bond acceptors (Lipinski definition) is 4. The zero-order chi connectivity index (χ0) is 15.4. The fourth-order valence-corrected chi connectivity index (χ4v) is 2.82. The van der Waals surface area contributed by atoms with E-state index in [-0.39, 0.29) is 75.2 Å². The van der Waals surface area contributed by atoms with Crippen LogP contribution in [0.15, 0.2) is 18.2 Å². The molecule has 0 spiro atoms. The fraction of sp³-hybridized carbons (Fsp3) is 0.588. The first-order valence-corrected chi connectivity index (χ1v) is 8.24. The minimum atomic E-state index is -0.223. The molecule has 3 rings (SSSR count). The first-order chi connectivity index (χ1) is 10.7. The van der Waals surface area contributed by atoms with Crippen molar-refractivity contribution >= 4 is 11.6 Å². The molecule has 1 aromatic carbocycles. The van der Waals surface area contributed by atoms with Gasteiger partial charge in [-0.25, -0.2) is 6.61 Å². The van der Waals surface area contributed by atoms with Crippen molar-refractivity contribution in [3.8, 4) is 11.5 Å². The Kier molecular flexibility index (Phi) is 9.12. The molecule has 0 saturated carbocycles. The summed E-state index contributed by atoms with van der Waals surface area (Å²) in [6.07, 6.45) is 2.72. The summed E-state index contributed by atoms with van der Waals surface area (Å²) in [5.74, 6) is 2.34. The summed E-state index contributed by atoms with van der Waals surface area (Å²) >= 11 is 6.21. The normalized spacial score (nSPS) is 25.0. The monoisotopic (exact) mass is 458 g/mol. The van der Waals surface area contributed by atoms with Crippen molar-refractivity contribution < 1.29 is 87.8 Å². The molecule has 0 aromatic heterocycles. The average Bonchev–Trinajstić information content (AvgIpc) is 2.94. The van der Waals surface area contributed by atoms with E-state index in [1.54, 1.807) is 6.07 Å². The van der Waals surface area contributed by atoms with E-state index in [1.807, 2.05) is 18.7 Å². The van der Waals surface area contributed by atoms with Crippen LogP contribution in [0, 0.1) is 18.4 Å². The van der Waals surface area contributed by atoms with Crippen molar-refractivity contribution in [2.45, 2.75) is 32.5 Å². The number of ether oxygens (including phenoxy) is 4. The molecule has 2 atom stereocenters. The van der Waals surface area contributed by atoms with Gasteiger partial charge in [-0.2, -0.15) is 0 Å². The summed E-state index contributed by atoms with van der Waals surface area (Å²) in [5.41, 5.74) is 0. The molecule has 2 fully saturated rings. The Balaban J connectivity index is 0.00000192. The van der Waals surface area contributed by atoms with Crippen molar-refractivity contribution in [2.75, 3.05) is 19.8 Å². The maximum atomic E-state index is 6.21. The van der Waals surface area contributed by atoms with Crippen LogP contribution in [0.5, 0.6) is 11.5 Å². The maximum Gasteiger partial charge on any atom is 1.00 e. The maximum absolute atomic E-state index is 6.21. The topological polar surface area (TPSA) is 36.9 Å². The van der Waals surface area contributed by atoms with E-state index in [9.17, 15) is 0 Å². The molecule has 1 aromatic rings. The van der Waals surface area contributed by atoms with Crippen molar-refractivity contribution in [2.24, 2.45) is 11.8 Å². The fourth-order valence-electron chi connectivity index (χ4n) is 2.65. The molecule has 0 bridgehead atoms. The summed E-state index contributed by atoms with van der Waals surface area (Å²) in [6, 6.07) is 5.49. The molecule has 23 heavy (non-hydrogen) atoms. The van der Waals surface area contributed by atoms with Crippen LogP contribution in [0.1, 0.15) is 26.2 Å². The van der Waals surface area contributed by atoms with Gasteiger partial charge in [-0.3, -0.25) is 0 Å². The van der Waals surface area contributed by atoms with E-state index in [0.29, 0.717) is 29.2 Å². The zero-order valence-corrected chi connectivity index (χ0v) is 20.8.